The van der Waals surface area contributed by atoms with E-state index in [9.17, 15) is 18.0 Å². The van der Waals surface area contributed by atoms with Crippen LogP contribution in [0.5, 0.6) is 0 Å². The second-order valence-corrected chi connectivity index (χ2v) is 6.87. The topological polar surface area (TPSA) is 70.7 Å². The fourth-order valence-corrected chi connectivity index (χ4v) is 3.01. The Labute approximate surface area is 163 Å². The molecule has 0 aliphatic rings. The molecule has 28 heavy (non-hydrogen) atoms. The van der Waals surface area contributed by atoms with Gasteiger partial charge in [0, 0.05) is 11.3 Å². The Morgan fingerprint density at radius 3 is 2.39 bits per heavy atom. The molecule has 0 aliphatic carbocycles. The van der Waals surface area contributed by atoms with Crippen molar-refractivity contribution < 1.29 is 18.0 Å². The molecule has 2 N–H and O–H groups in total. The third kappa shape index (κ3) is 5.13. The molecule has 5 nitrogen and oxygen atoms in total. The molecule has 1 heterocycles. The fourth-order valence-electron chi connectivity index (χ4n) is 2.41. The molecule has 0 spiro atoms. The number of H-pyrrole nitrogens is 1. The summed E-state index contributed by atoms with van der Waals surface area (Å²) in [5, 5.41) is 9.87. The number of carbonyl (C=O) groups is 1. The largest absolute Gasteiger partial charge is 0.416 e. The minimum absolute atomic E-state index is 0.0348. The van der Waals surface area contributed by atoms with E-state index in [0.717, 1.165) is 35.9 Å². The van der Waals surface area contributed by atoms with Gasteiger partial charge in [0.1, 0.15) is 0 Å². The Kier molecular flexibility index (Phi) is 6.03. The maximum absolute atomic E-state index is 12.5. The van der Waals surface area contributed by atoms with Gasteiger partial charge in [-0.15, -0.1) is 5.10 Å². The van der Waals surface area contributed by atoms with Crippen molar-refractivity contribution in [3.05, 3.63) is 59.7 Å². The van der Waals surface area contributed by atoms with Crippen LogP contribution in [-0.2, 0) is 17.4 Å². The van der Waals surface area contributed by atoms with Crippen molar-refractivity contribution in [2.24, 2.45) is 0 Å². The number of hydrogen-bond donors (Lipinski definition) is 2. The maximum atomic E-state index is 12.5. The van der Waals surface area contributed by atoms with Crippen LogP contribution in [0.25, 0.3) is 11.4 Å². The lowest BCUT2D eigenvalue weighted by Crippen LogP contribution is -2.14. The number of aromatic nitrogens is 3. The van der Waals surface area contributed by atoms with Crippen molar-refractivity contribution in [1.29, 1.82) is 0 Å². The predicted octanol–water partition coefficient (Wildman–Crippen LogP) is 4.78. The predicted molar refractivity (Wildman–Crippen MR) is 102 cm³/mol. The molecule has 9 heteroatoms. The van der Waals surface area contributed by atoms with Crippen LogP contribution in [0.3, 0.4) is 0 Å². The molecular weight excluding hydrogens is 389 g/mol. The molecule has 1 aromatic heterocycles. The van der Waals surface area contributed by atoms with Gasteiger partial charge in [0.25, 0.3) is 0 Å². The number of nitrogens with one attached hydrogen (secondary N) is 2. The van der Waals surface area contributed by atoms with Crippen LogP contribution >= 0.6 is 11.8 Å². The highest BCUT2D eigenvalue weighted by Crippen LogP contribution is 2.29. The van der Waals surface area contributed by atoms with Crippen LogP contribution in [0.1, 0.15) is 18.1 Å². The van der Waals surface area contributed by atoms with E-state index in [1.165, 1.54) is 17.7 Å². The number of aromatic amines is 1. The Morgan fingerprint density at radius 2 is 1.79 bits per heavy atom. The first-order valence-corrected chi connectivity index (χ1v) is 9.45. The minimum Gasteiger partial charge on any atom is -0.325 e. The van der Waals surface area contributed by atoms with Crippen LogP contribution in [0.15, 0.2) is 53.7 Å². The Hall–Kier alpha value is -2.81. The number of hydrogen-bond acceptors (Lipinski definition) is 4. The van der Waals surface area contributed by atoms with E-state index in [1.807, 2.05) is 24.3 Å². The molecule has 0 unspecified atom stereocenters. The molecule has 1 amide bonds. The van der Waals surface area contributed by atoms with Gasteiger partial charge in [-0.05, 0) is 36.2 Å². The third-order valence-electron chi connectivity index (χ3n) is 3.93. The number of thioether (sulfide) groups is 1. The van der Waals surface area contributed by atoms with Gasteiger partial charge in [-0.2, -0.15) is 13.2 Å². The molecule has 0 saturated heterocycles. The van der Waals surface area contributed by atoms with Crippen LogP contribution in [-0.4, -0.2) is 26.8 Å². The first-order valence-electron chi connectivity index (χ1n) is 8.47. The van der Waals surface area contributed by atoms with E-state index in [1.54, 1.807) is 0 Å². The van der Waals surface area contributed by atoms with Crippen molar-refractivity contribution in [2.45, 2.75) is 24.7 Å². The fraction of sp³-hybridized carbons (Fsp3) is 0.211. The average molecular weight is 406 g/mol. The van der Waals surface area contributed by atoms with Crippen molar-refractivity contribution >= 4 is 23.4 Å². The summed E-state index contributed by atoms with van der Waals surface area (Å²) in [6, 6.07) is 12.2. The molecule has 0 fully saturated rings. The zero-order chi connectivity index (χ0) is 20.1. The number of nitrogens with zero attached hydrogens (tertiary/aromatic N) is 2. The number of amides is 1. The summed E-state index contributed by atoms with van der Waals surface area (Å²) >= 11 is 1.13. The number of aryl methyl sites for hydroxylation is 1. The summed E-state index contributed by atoms with van der Waals surface area (Å²) in [6.45, 7) is 2.08. The molecule has 0 bridgehead atoms. The highest BCUT2D eigenvalue weighted by molar-refractivity contribution is 7.99. The zero-order valence-electron chi connectivity index (χ0n) is 14.9. The van der Waals surface area contributed by atoms with Gasteiger partial charge in [-0.1, -0.05) is 43.0 Å². The maximum Gasteiger partial charge on any atom is 0.416 e. The molecule has 2 aromatic carbocycles. The highest BCUT2D eigenvalue weighted by Gasteiger charge is 2.29. The lowest BCUT2D eigenvalue weighted by atomic mass is 10.1. The molecule has 3 aromatic rings. The van der Waals surface area contributed by atoms with Crippen molar-refractivity contribution in [1.82, 2.24) is 15.2 Å². The van der Waals surface area contributed by atoms with Crippen LogP contribution < -0.4 is 5.32 Å². The van der Waals surface area contributed by atoms with Crippen LogP contribution in [0.2, 0.25) is 0 Å². The first-order chi connectivity index (χ1) is 13.3. The normalized spacial score (nSPS) is 11.4. The van der Waals surface area contributed by atoms with E-state index < -0.39 is 11.7 Å². The van der Waals surface area contributed by atoms with E-state index in [0.29, 0.717) is 16.7 Å². The number of carbonyl (C=O) groups excluding carboxylic acids is 1. The van der Waals surface area contributed by atoms with Gasteiger partial charge in [-0.25, -0.2) is 4.98 Å². The minimum atomic E-state index is -4.40. The first kappa shape index (κ1) is 19.9. The lowest BCUT2D eigenvalue weighted by molar-refractivity contribution is -0.137. The summed E-state index contributed by atoms with van der Waals surface area (Å²) in [5.41, 5.74) is 1.65. The molecule has 0 aliphatic heterocycles. The Balaban J connectivity index is 1.54. The van der Waals surface area contributed by atoms with E-state index >= 15 is 0 Å². The quantitative estimate of drug-likeness (QED) is 0.578. The van der Waals surface area contributed by atoms with Gasteiger partial charge >= 0.3 is 6.18 Å². The Bertz CT molecular complexity index is 937. The molecule has 3 rings (SSSR count). The second kappa shape index (κ2) is 8.47. The van der Waals surface area contributed by atoms with Gasteiger partial charge in [0.2, 0.25) is 11.1 Å². The van der Waals surface area contributed by atoms with Crippen LogP contribution in [0, 0.1) is 0 Å². The summed E-state index contributed by atoms with van der Waals surface area (Å²) in [6.07, 6.45) is -3.45. The molecule has 0 radical (unpaired) electrons. The Morgan fingerprint density at radius 1 is 1.11 bits per heavy atom. The summed E-state index contributed by atoms with van der Waals surface area (Å²) in [4.78, 5) is 16.3. The number of benzene rings is 2. The smallest absolute Gasteiger partial charge is 0.325 e. The highest BCUT2D eigenvalue weighted by atomic mass is 32.2. The molecule has 0 saturated carbocycles. The van der Waals surface area contributed by atoms with Crippen molar-refractivity contribution in [3.63, 3.8) is 0 Å². The second-order valence-electron chi connectivity index (χ2n) is 5.93. The number of anilines is 1. The van der Waals surface area contributed by atoms with E-state index in [4.69, 9.17) is 0 Å². The van der Waals surface area contributed by atoms with Gasteiger partial charge in [-0.3, -0.25) is 9.89 Å². The summed E-state index contributed by atoms with van der Waals surface area (Å²) in [5.74, 6) is 0.282. The standard InChI is InChI=1S/C19H17F3N4OS/c1-2-12-3-5-13(6-4-12)17-24-18(26-25-17)28-11-16(27)23-15-9-7-14(8-10-15)19(20,21)22/h3-10H,2,11H2,1H3,(H,23,27)(H,24,25,26). The van der Waals surface area contributed by atoms with Gasteiger partial charge < -0.3 is 5.32 Å². The van der Waals surface area contributed by atoms with Crippen molar-refractivity contribution in [3.8, 4) is 11.4 Å². The van der Waals surface area contributed by atoms with Gasteiger partial charge in [0.05, 0.1) is 11.3 Å². The molecular formula is C19H17F3N4OS. The number of rotatable bonds is 6. The zero-order valence-corrected chi connectivity index (χ0v) is 15.7. The SMILES string of the molecule is CCc1ccc(-c2nc(SCC(=O)Nc3ccc(C(F)(F)F)cc3)n[nH]2)cc1. The van der Waals surface area contributed by atoms with Gasteiger partial charge in [0.15, 0.2) is 5.82 Å². The lowest BCUT2D eigenvalue weighted by Gasteiger charge is -2.08. The average Bonchev–Trinajstić information content (AvgIpc) is 3.15. The molecule has 146 valence electrons. The van der Waals surface area contributed by atoms with Crippen LogP contribution in [0.4, 0.5) is 18.9 Å². The number of alkyl halides is 3. The third-order valence-corrected chi connectivity index (χ3v) is 4.78. The molecule has 0 atom stereocenters. The van der Waals surface area contributed by atoms with E-state index in [-0.39, 0.29) is 11.7 Å². The van der Waals surface area contributed by atoms with E-state index in [2.05, 4.69) is 27.4 Å². The monoisotopic (exact) mass is 406 g/mol. The summed E-state index contributed by atoms with van der Waals surface area (Å²) in [7, 11) is 0. The van der Waals surface area contributed by atoms with Crippen molar-refractivity contribution in [2.75, 3.05) is 11.1 Å². The summed E-state index contributed by atoms with van der Waals surface area (Å²) < 4.78 is 37.6. The number of halogens is 3.